The lowest BCUT2D eigenvalue weighted by molar-refractivity contribution is 1.18. The Morgan fingerprint density at radius 3 is 2.92 bits per heavy atom. The SMILES string of the molecule is Cc1cnc2cc(Cl)ccc2n1. The summed E-state index contributed by atoms with van der Waals surface area (Å²) in [5, 5.41) is 0.695. The van der Waals surface area contributed by atoms with Crippen LogP contribution in [0.1, 0.15) is 5.69 Å². The normalized spacial score (nSPS) is 10.5. The van der Waals surface area contributed by atoms with Crippen molar-refractivity contribution in [3.63, 3.8) is 0 Å². The van der Waals surface area contributed by atoms with Gasteiger partial charge in [-0.05, 0) is 25.1 Å². The minimum atomic E-state index is 0.695. The maximum absolute atomic E-state index is 5.79. The predicted molar refractivity (Wildman–Crippen MR) is 49.3 cm³/mol. The second-order valence-electron chi connectivity index (χ2n) is 2.64. The molecule has 0 unspecified atom stereocenters. The van der Waals surface area contributed by atoms with Gasteiger partial charge in [-0.15, -0.1) is 0 Å². The molecular weight excluding hydrogens is 172 g/mol. The summed E-state index contributed by atoms with van der Waals surface area (Å²) in [4.78, 5) is 8.49. The highest BCUT2D eigenvalue weighted by molar-refractivity contribution is 6.31. The summed E-state index contributed by atoms with van der Waals surface area (Å²) in [7, 11) is 0. The van der Waals surface area contributed by atoms with Gasteiger partial charge in [0.15, 0.2) is 0 Å². The Kier molecular flexibility index (Phi) is 1.70. The molecule has 0 N–H and O–H groups in total. The summed E-state index contributed by atoms with van der Waals surface area (Å²) >= 11 is 5.79. The molecule has 0 amide bonds. The van der Waals surface area contributed by atoms with Crippen molar-refractivity contribution in [3.8, 4) is 0 Å². The van der Waals surface area contributed by atoms with Crippen LogP contribution < -0.4 is 0 Å². The molecule has 0 saturated heterocycles. The molecule has 12 heavy (non-hydrogen) atoms. The van der Waals surface area contributed by atoms with Crippen LogP contribution in [0, 0.1) is 6.92 Å². The molecule has 0 spiro atoms. The van der Waals surface area contributed by atoms with Crippen molar-refractivity contribution < 1.29 is 0 Å². The van der Waals surface area contributed by atoms with Crippen LogP contribution in [0.15, 0.2) is 24.4 Å². The molecule has 0 saturated carbocycles. The van der Waals surface area contributed by atoms with Crippen molar-refractivity contribution in [2.45, 2.75) is 6.92 Å². The van der Waals surface area contributed by atoms with Crippen molar-refractivity contribution in [3.05, 3.63) is 35.1 Å². The van der Waals surface area contributed by atoms with Crippen LogP contribution in [-0.4, -0.2) is 9.97 Å². The topological polar surface area (TPSA) is 25.8 Å². The van der Waals surface area contributed by atoms with Gasteiger partial charge >= 0.3 is 0 Å². The number of aromatic nitrogens is 2. The Morgan fingerprint density at radius 1 is 1.25 bits per heavy atom. The van der Waals surface area contributed by atoms with E-state index in [0.29, 0.717) is 5.02 Å². The van der Waals surface area contributed by atoms with Gasteiger partial charge in [-0.1, -0.05) is 11.6 Å². The number of halogens is 1. The summed E-state index contributed by atoms with van der Waals surface area (Å²) in [6.07, 6.45) is 1.73. The lowest BCUT2D eigenvalue weighted by Crippen LogP contribution is -1.85. The minimum absolute atomic E-state index is 0.695. The van der Waals surface area contributed by atoms with Gasteiger partial charge < -0.3 is 0 Å². The molecule has 1 heterocycles. The molecule has 2 nitrogen and oxygen atoms in total. The van der Waals surface area contributed by atoms with Gasteiger partial charge in [0.1, 0.15) is 0 Å². The Morgan fingerprint density at radius 2 is 2.08 bits per heavy atom. The zero-order valence-electron chi connectivity index (χ0n) is 6.58. The van der Waals surface area contributed by atoms with E-state index < -0.39 is 0 Å². The summed E-state index contributed by atoms with van der Waals surface area (Å²) in [6, 6.07) is 5.50. The van der Waals surface area contributed by atoms with Crippen LogP contribution in [0.4, 0.5) is 0 Å². The van der Waals surface area contributed by atoms with Gasteiger partial charge in [-0.25, -0.2) is 4.98 Å². The number of aryl methyl sites for hydroxylation is 1. The first-order valence-corrected chi connectivity index (χ1v) is 4.02. The molecule has 0 aliphatic heterocycles. The van der Waals surface area contributed by atoms with Gasteiger partial charge in [-0.2, -0.15) is 0 Å². The van der Waals surface area contributed by atoms with Crippen LogP contribution >= 0.6 is 11.6 Å². The third-order valence-corrected chi connectivity index (χ3v) is 1.86. The summed E-state index contributed by atoms with van der Waals surface area (Å²) in [5.74, 6) is 0. The first-order chi connectivity index (χ1) is 5.75. The predicted octanol–water partition coefficient (Wildman–Crippen LogP) is 2.59. The molecule has 1 aromatic carbocycles. The van der Waals surface area contributed by atoms with E-state index in [1.807, 2.05) is 25.1 Å². The fraction of sp³-hybridized carbons (Fsp3) is 0.111. The minimum Gasteiger partial charge on any atom is -0.253 e. The van der Waals surface area contributed by atoms with E-state index in [1.165, 1.54) is 0 Å². The standard InChI is InChI=1S/C9H7ClN2/c1-6-5-11-9-4-7(10)2-3-8(9)12-6/h2-5H,1H3. The van der Waals surface area contributed by atoms with Crippen molar-refractivity contribution >= 4 is 22.6 Å². The molecule has 60 valence electrons. The first kappa shape index (κ1) is 7.50. The number of fused-ring (bicyclic) bond motifs is 1. The van der Waals surface area contributed by atoms with E-state index >= 15 is 0 Å². The van der Waals surface area contributed by atoms with E-state index in [2.05, 4.69) is 9.97 Å². The maximum Gasteiger partial charge on any atom is 0.0901 e. The van der Waals surface area contributed by atoms with Gasteiger partial charge in [0.05, 0.1) is 16.7 Å². The molecule has 1 aromatic heterocycles. The van der Waals surface area contributed by atoms with E-state index in [9.17, 15) is 0 Å². The number of hydrogen-bond acceptors (Lipinski definition) is 2. The molecule has 3 heteroatoms. The van der Waals surface area contributed by atoms with Crippen LogP contribution in [0.2, 0.25) is 5.02 Å². The average molecular weight is 179 g/mol. The summed E-state index contributed by atoms with van der Waals surface area (Å²) in [5.41, 5.74) is 2.65. The van der Waals surface area contributed by atoms with Gasteiger partial charge in [0, 0.05) is 11.2 Å². The van der Waals surface area contributed by atoms with Crippen molar-refractivity contribution in [1.82, 2.24) is 9.97 Å². The van der Waals surface area contributed by atoms with Crippen LogP contribution in [-0.2, 0) is 0 Å². The van der Waals surface area contributed by atoms with E-state index in [4.69, 9.17) is 11.6 Å². The van der Waals surface area contributed by atoms with E-state index in [-0.39, 0.29) is 0 Å². The van der Waals surface area contributed by atoms with Crippen molar-refractivity contribution in [2.75, 3.05) is 0 Å². The van der Waals surface area contributed by atoms with Crippen LogP contribution in [0.3, 0.4) is 0 Å². The van der Waals surface area contributed by atoms with Gasteiger partial charge in [0.2, 0.25) is 0 Å². The third-order valence-electron chi connectivity index (χ3n) is 1.62. The molecule has 0 aliphatic carbocycles. The number of nitrogens with zero attached hydrogens (tertiary/aromatic N) is 2. The number of benzene rings is 1. The van der Waals surface area contributed by atoms with Crippen LogP contribution in [0.25, 0.3) is 11.0 Å². The summed E-state index contributed by atoms with van der Waals surface area (Å²) < 4.78 is 0. The smallest absolute Gasteiger partial charge is 0.0901 e. The maximum atomic E-state index is 5.79. The number of rotatable bonds is 0. The van der Waals surface area contributed by atoms with Gasteiger partial charge in [-0.3, -0.25) is 4.98 Å². The second-order valence-corrected chi connectivity index (χ2v) is 3.08. The second kappa shape index (κ2) is 2.72. The van der Waals surface area contributed by atoms with Crippen molar-refractivity contribution in [1.29, 1.82) is 0 Å². The fourth-order valence-electron chi connectivity index (χ4n) is 1.08. The largest absolute Gasteiger partial charge is 0.253 e. The fourth-order valence-corrected chi connectivity index (χ4v) is 1.24. The first-order valence-electron chi connectivity index (χ1n) is 3.64. The monoisotopic (exact) mass is 178 g/mol. The lowest BCUT2D eigenvalue weighted by Gasteiger charge is -1.97. The molecule has 0 bridgehead atoms. The molecular formula is C9H7ClN2. The average Bonchev–Trinajstić information content (AvgIpc) is 2.05. The Labute approximate surface area is 75.2 Å². The number of hydrogen-bond donors (Lipinski definition) is 0. The lowest BCUT2D eigenvalue weighted by atomic mass is 10.3. The van der Waals surface area contributed by atoms with Crippen LogP contribution in [0.5, 0.6) is 0 Å². The Bertz CT molecular complexity index is 385. The molecule has 0 fully saturated rings. The molecule has 0 aliphatic rings. The zero-order chi connectivity index (χ0) is 8.55. The van der Waals surface area contributed by atoms with E-state index in [0.717, 1.165) is 16.7 Å². The Balaban J connectivity index is 2.79. The quantitative estimate of drug-likeness (QED) is 0.620. The summed E-state index contributed by atoms with van der Waals surface area (Å²) in [6.45, 7) is 1.92. The highest BCUT2D eigenvalue weighted by atomic mass is 35.5. The highest BCUT2D eigenvalue weighted by Gasteiger charge is 1.96. The Hall–Kier alpha value is -1.15. The molecule has 2 rings (SSSR count). The van der Waals surface area contributed by atoms with E-state index in [1.54, 1.807) is 6.20 Å². The highest BCUT2D eigenvalue weighted by Crippen LogP contribution is 2.15. The zero-order valence-corrected chi connectivity index (χ0v) is 7.34. The molecule has 0 radical (unpaired) electrons. The van der Waals surface area contributed by atoms with Gasteiger partial charge in [0.25, 0.3) is 0 Å². The molecule has 2 aromatic rings. The molecule has 0 atom stereocenters. The van der Waals surface area contributed by atoms with Crippen molar-refractivity contribution in [2.24, 2.45) is 0 Å². The third kappa shape index (κ3) is 1.25.